The van der Waals surface area contributed by atoms with Crippen molar-refractivity contribution in [3.05, 3.63) is 59.7 Å². The lowest BCUT2D eigenvalue weighted by molar-refractivity contribution is -0.124. The van der Waals surface area contributed by atoms with Crippen molar-refractivity contribution in [3.63, 3.8) is 0 Å². The molecule has 0 radical (unpaired) electrons. The maximum Gasteiger partial charge on any atom is 0.253 e. The minimum absolute atomic E-state index is 0.0915. The number of fused-ring (bicyclic) bond motifs is 1. The first kappa shape index (κ1) is 23.6. The predicted octanol–water partition coefficient (Wildman–Crippen LogP) is 1.83. The fourth-order valence-electron chi connectivity index (χ4n) is 4.25. The molecular formula is C25H29N3O6. The van der Waals surface area contributed by atoms with E-state index in [-0.39, 0.29) is 30.4 Å². The van der Waals surface area contributed by atoms with Crippen molar-refractivity contribution in [1.82, 2.24) is 15.5 Å². The second-order valence-electron chi connectivity index (χ2n) is 8.30. The SMILES string of the molecule is COCCNC(=O)[C@@H](NC(=O)c1ccccc1)C1CCN(C(=O)c2ccc3c(c2)OCO3)CC1. The van der Waals surface area contributed by atoms with E-state index in [9.17, 15) is 14.4 Å². The molecule has 0 aromatic heterocycles. The van der Waals surface area contributed by atoms with E-state index >= 15 is 0 Å². The van der Waals surface area contributed by atoms with Gasteiger partial charge in [0.05, 0.1) is 6.61 Å². The van der Waals surface area contributed by atoms with E-state index in [1.165, 1.54) is 0 Å². The smallest absolute Gasteiger partial charge is 0.253 e. The number of nitrogens with zero attached hydrogens (tertiary/aromatic N) is 1. The maximum atomic E-state index is 13.0. The summed E-state index contributed by atoms with van der Waals surface area (Å²) in [4.78, 5) is 40.5. The number of amides is 3. The molecule has 0 saturated carbocycles. The molecule has 2 aliphatic heterocycles. The van der Waals surface area contributed by atoms with Crippen LogP contribution in [0.5, 0.6) is 11.5 Å². The Kier molecular flexibility index (Phi) is 7.64. The molecule has 3 amide bonds. The van der Waals surface area contributed by atoms with Crippen LogP contribution in [0.1, 0.15) is 33.6 Å². The molecule has 4 rings (SSSR count). The van der Waals surface area contributed by atoms with E-state index in [4.69, 9.17) is 14.2 Å². The predicted molar refractivity (Wildman–Crippen MR) is 124 cm³/mol. The first-order valence-corrected chi connectivity index (χ1v) is 11.4. The van der Waals surface area contributed by atoms with Gasteiger partial charge in [0, 0.05) is 37.9 Å². The summed E-state index contributed by atoms with van der Waals surface area (Å²) in [7, 11) is 1.56. The van der Waals surface area contributed by atoms with Gasteiger partial charge in [-0.1, -0.05) is 18.2 Å². The topological polar surface area (TPSA) is 106 Å². The molecule has 2 heterocycles. The highest BCUT2D eigenvalue weighted by Crippen LogP contribution is 2.33. The van der Waals surface area contributed by atoms with Crippen LogP contribution >= 0.6 is 0 Å². The number of likely N-dealkylation sites (tertiary alicyclic amines) is 1. The van der Waals surface area contributed by atoms with Crippen LogP contribution in [0.25, 0.3) is 0 Å². The monoisotopic (exact) mass is 467 g/mol. The van der Waals surface area contributed by atoms with Gasteiger partial charge in [-0.25, -0.2) is 0 Å². The third-order valence-electron chi connectivity index (χ3n) is 6.13. The van der Waals surface area contributed by atoms with Crippen LogP contribution < -0.4 is 20.1 Å². The Morgan fingerprint density at radius 1 is 1.03 bits per heavy atom. The molecular weight excluding hydrogens is 438 g/mol. The molecule has 1 saturated heterocycles. The Morgan fingerprint density at radius 3 is 2.50 bits per heavy atom. The Bertz CT molecular complexity index is 1020. The van der Waals surface area contributed by atoms with Gasteiger partial charge < -0.3 is 29.7 Å². The zero-order chi connectivity index (χ0) is 23.9. The summed E-state index contributed by atoms with van der Waals surface area (Å²) in [5, 5.41) is 5.74. The van der Waals surface area contributed by atoms with Crippen molar-refractivity contribution >= 4 is 17.7 Å². The molecule has 1 fully saturated rings. The largest absolute Gasteiger partial charge is 0.454 e. The molecule has 0 spiro atoms. The highest BCUT2D eigenvalue weighted by molar-refractivity contribution is 5.98. The maximum absolute atomic E-state index is 13.0. The molecule has 180 valence electrons. The van der Waals surface area contributed by atoms with Gasteiger partial charge in [0.2, 0.25) is 12.7 Å². The van der Waals surface area contributed by atoms with Gasteiger partial charge in [0.15, 0.2) is 11.5 Å². The van der Waals surface area contributed by atoms with Crippen LogP contribution in [-0.2, 0) is 9.53 Å². The summed E-state index contributed by atoms with van der Waals surface area (Å²) in [6.45, 7) is 1.87. The van der Waals surface area contributed by atoms with Crippen LogP contribution in [0.4, 0.5) is 0 Å². The van der Waals surface area contributed by atoms with Crippen LogP contribution in [0.2, 0.25) is 0 Å². The van der Waals surface area contributed by atoms with E-state index in [2.05, 4.69) is 10.6 Å². The van der Waals surface area contributed by atoms with E-state index in [1.54, 1.807) is 54.5 Å². The molecule has 2 aromatic rings. The molecule has 1 atom stereocenters. The second kappa shape index (κ2) is 11.0. The van der Waals surface area contributed by atoms with E-state index in [1.807, 2.05) is 6.07 Å². The van der Waals surface area contributed by atoms with E-state index in [0.717, 1.165) is 0 Å². The number of carbonyl (C=O) groups is 3. The molecule has 0 bridgehead atoms. The minimum atomic E-state index is -0.702. The fraction of sp³-hybridized carbons (Fsp3) is 0.400. The van der Waals surface area contributed by atoms with Gasteiger partial charge in [-0.2, -0.15) is 0 Å². The number of carbonyl (C=O) groups excluding carboxylic acids is 3. The standard InChI is InChI=1S/C25H29N3O6/c1-32-14-11-26-24(30)22(27-23(29)18-5-3-2-4-6-18)17-9-12-28(13-10-17)25(31)19-7-8-20-21(15-19)34-16-33-20/h2-8,15,17,22H,9-14,16H2,1H3,(H,26,30)(H,27,29)/t22-/m0/s1. The lowest BCUT2D eigenvalue weighted by Crippen LogP contribution is -2.54. The van der Waals surface area contributed by atoms with Crippen molar-refractivity contribution in [2.75, 3.05) is 40.1 Å². The summed E-state index contributed by atoms with van der Waals surface area (Å²) in [5.41, 5.74) is 1.03. The van der Waals surface area contributed by atoms with Crippen molar-refractivity contribution in [2.45, 2.75) is 18.9 Å². The Morgan fingerprint density at radius 2 is 1.76 bits per heavy atom. The average Bonchev–Trinajstić information content (AvgIpc) is 3.35. The first-order valence-electron chi connectivity index (χ1n) is 11.4. The third kappa shape index (κ3) is 5.48. The number of rotatable bonds is 8. The molecule has 0 unspecified atom stereocenters. The number of nitrogens with one attached hydrogen (secondary N) is 2. The quantitative estimate of drug-likeness (QED) is 0.574. The number of benzene rings is 2. The zero-order valence-corrected chi connectivity index (χ0v) is 19.1. The fourth-order valence-corrected chi connectivity index (χ4v) is 4.25. The third-order valence-corrected chi connectivity index (χ3v) is 6.13. The molecule has 9 heteroatoms. The van der Waals surface area contributed by atoms with Crippen LogP contribution in [-0.4, -0.2) is 68.8 Å². The Balaban J connectivity index is 1.40. The average molecular weight is 468 g/mol. The Hall–Kier alpha value is -3.59. The number of hydrogen-bond acceptors (Lipinski definition) is 6. The van der Waals surface area contributed by atoms with E-state index in [0.29, 0.717) is 61.7 Å². The zero-order valence-electron chi connectivity index (χ0n) is 19.1. The molecule has 2 aliphatic rings. The molecule has 0 aliphatic carbocycles. The number of ether oxygens (including phenoxy) is 3. The highest BCUT2D eigenvalue weighted by atomic mass is 16.7. The van der Waals surface area contributed by atoms with Gasteiger partial charge in [0.1, 0.15) is 6.04 Å². The number of piperidine rings is 1. The lowest BCUT2D eigenvalue weighted by atomic mass is 9.88. The molecule has 2 N–H and O–H groups in total. The number of methoxy groups -OCH3 is 1. The first-order chi connectivity index (χ1) is 16.6. The van der Waals surface area contributed by atoms with Crippen LogP contribution in [0.3, 0.4) is 0 Å². The summed E-state index contributed by atoms with van der Waals surface area (Å²) >= 11 is 0. The van der Waals surface area contributed by atoms with Crippen molar-refractivity contribution < 1.29 is 28.6 Å². The van der Waals surface area contributed by atoms with E-state index < -0.39 is 6.04 Å². The van der Waals surface area contributed by atoms with Crippen molar-refractivity contribution in [1.29, 1.82) is 0 Å². The van der Waals surface area contributed by atoms with Crippen LogP contribution in [0.15, 0.2) is 48.5 Å². The summed E-state index contributed by atoms with van der Waals surface area (Å²) in [6, 6.07) is 13.3. The summed E-state index contributed by atoms with van der Waals surface area (Å²) < 4.78 is 15.7. The normalized spacial score (nSPS) is 16.1. The molecule has 2 aromatic carbocycles. The van der Waals surface area contributed by atoms with Gasteiger partial charge in [-0.15, -0.1) is 0 Å². The minimum Gasteiger partial charge on any atom is -0.454 e. The van der Waals surface area contributed by atoms with Crippen LogP contribution in [0, 0.1) is 5.92 Å². The van der Waals surface area contributed by atoms with Gasteiger partial charge in [-0.05, 0) is 49.1 Å². The second-order valence-corrected chi connectivity index (χ2v) is 8.30. The van der Waals surface area contributed by atoms with Gasteiger partial charge >= 0.3 is 0 Å². The highest BCUT2D eigenvalue weighted by Gasteiger charge is 2.34. The van der Waals surface area contributed by atoms with Crippen molar-refractivity contribution in [2.24, 2.45) is 5.92 Å². The molecule has 34 heavy (non-hydrogen) atoms. The van der Waals surface area contributed by atoms with Crippen molar-refractivity contribution in [3.8, 4) is 11.5 Å². The summed E-state index contributed by atoms with van der Waals surface area (Å²) in [5.74, 6) is 0.458. The number of hydrogen-bond donors (Lipinski definition) is 2. The van der Waals surface area contributed by atoms with Gasteiger partial charge in [0.25, 0.3) is 11.8 Å². The lowest BCUT2D eigenvalue weighted by Gasteiger charge is -2.36. The summed E-state index contributed by atoms with van der Waals surface area (Å²) in [6.07, 6.45) is 1.18. The van der Waals surface area contributed by atoms with Gasteiger partial charge in [-0.3, -0.25) is 14.4 Å². The Labute approximate surface area is 198 Å². The molecule has 9 nitrogen and oxygen atoms in total.